The van der Waals surface area contributed by atoms with E-state index in [9.17, 15) is 14.9 Å². The Kier molecular flexibility index (Phi) is 6.00. The van der Waals surface area contributed by atoms with Gasteiger partial charge < -0.3 is 10.2 Å². The molecule has 0 aliphatic heterocycles. The summed E-state index contributed by atoms with van der Waals surface area (Å²) in [4.78, 5) is 35.5. The highest BCUT2D eigenvalue weighted by atomic mass is 16.6. The van der Waals surface area contributed by atoms with Gasteiger partial charge in [0, 0.05) is 31.3 Å². The Morgan fingerprint density at radius 2 is 1.96 bits per heavy atom. The van der Waals surface area contributed by atoms with Crippen LogP contribution in [0.4, 0.5) is 17.6 Å². The van der Waals surface area contributed by atoms with Crippen LogP contribution in [0.2, 0.25) is 0 Å². The van der Waals surface area contributed by atoms with E-state index in [2.05, 4.69) is 20.3 Å². The van der Waals surface area contributed by atoms with Crippen molar-refractivity contribution in [2.75, 3.05) is 16.8 Å². The number of rotatable bonds is 8. The SMILES string of the molecule is CCCN(Cc1ccc([N+](=O)[O-])cc1)c1nc(NC2CCCC2)[nH]c(=O)n1. The summed E-state index contributed by atoms with van der Waals surface area (Å²) in [7, 11) is 0. The molecule has 27 heavy (non-hydrogen) atoms. The topological polar surface area (TPSA) is 117 Å². The molecule has 0 spiro atoms. The van der Waals surface area contributed by atoms with Crippen molar-refractivity contribution in [1.82, 2.24) is 15.0 Å². The summed E-state index contributed by atoms with van der Waals surface area (Å²) in [6.45, 7) is 3.18. The van der Waals surface area contributed by atoms with E-state index in [1.807, 2.05) is 11.8 Å². The zero-order valence-corrected chi connectivity index (χ0v) is 15.4. The minimum absolute atomic E-state index is 0.0521. The van der Waals surface area contributed by atoms with E-state index < -0.39 is 10.6 Å². The van der Waals surface area contributed by atoms with E-state index in [4.69, 9.17) is 0 Å². The number of aromatic nitrogens is 3. The number of benzene rings is 1. The minimum Gasteiger partial charge on any atom is -0.353 e. The van der Waals surface area contributed by atoms with Gasteiger partial charge in [0.1, 0.15) is 0 Å². The van der Waals surface area contributed by atoms with Gasteiger partial charge in [-0.3, -0.25) is 15.1 Å². The van der Waals surface area contributed by atoms with Crippen LogP contribution in [-0.4, -0.2) is 32.5 Å². The van der Waals surface area contributed by atoms with Crippen LogP contribution >= 0.6 is 0 Å². The summed E-state index contributed by atoms with van der Waals surface area (Å²) in [6, 6.07) is 6.71. The van der Waals surface area contributed by atoms with E-state index >= 15 is 0 Å². The van der Waals surface area contributed by atoms with Crippen LogP contribution in [0.3, 0.4) is 0 Å². The number of nitrogens with zero attached hydrogens (tertiary/aromatic N) is 4. The van der Waals surface area contributed by atoms with E-state index in [0.29, 0.717) is 31.0 Å². The van der Waals surface area contributed by atoms with Crippen LogP contribution in [0, 0.1) is 10.1 Å². The average Bonchev–Trinajstić information content (AvgIpc) is 3.14. The summed E-state index contributed by atoms with van der Waals surface area (Å²) >= 11 is 0. The second-order valence-corrected chi connectivity index (χ2v) is 6.77. The highest BCUT2D eigenvalue weighted by Gasteiger charge is 2.18. The molecule has 0 bridgehead atoms. The number of hydrogen-bond donors (Lipinski definition) is 2. The standard InChI is InChI=1S/C18H24N6O3/c1-2-11-23(12-13-7-9-15(10-8-13)24(26)27)17-20-16(21-18(25)22-17)19-14-5-3-4-6-14/h7-10,14H,2-6,11-12H2,1H3,(H2,19,20,21,22,25). The Bertz CT molecular complexity index is 830. The van der Waals surface area contributed by atoms with Gasteiger partial charge in [0.15, 0.2) is 0 Å². The highest BCUT2D eigenvalue weighted by molar-refractivity contribution is 5.39. The second-order valence-electron chi connectivity index (χ2n) is 6.77. The minimum atomic E-state index is -0.440. The lowest BCUT2D eigenvalue weighted by Crippen LogP contribution is -2.30. The first kappa shape index (κ1) is 18.8. The lowest BCUT2D eigenvalue weighted by Gasteiger charge is -2.22. The predicted molar refractivity (Wildman–Crippen MR) is 103 cm³/mol. The van der Waals surface area contributed by atoms with Gasteiger partial charge in [-0.05, 0) is 24.8 Å². The molecule has 2 aromatic rings. The van der Waals surface area contributed by atoms with Gasteiger partial charge >= 0.3 is 5.69 Å². The van der Waals surface area contributed by atoms with Crippen LogP contribution in [0.1, 0.15) is 44.6 Å². The third-order valence-corrected chi connectivity index (χ3v) is 4.63. The average molecular weight is 372 g/mol. The first-order valence-corrected chi connectivity index (χ1v) is 9.28. The summed E-state index contributed by atoms with van der Waals surface area (Å²) in [5.41, 5.74) is 0.504. The molecule has 1 heterocycles. The van der Waals surface area contributed by atoms with Crippen LogP contribution in [-0.2, 0) is 6.54 Å². The van der Waals surface area contributed by atoms with Crippen LogP contribution in [0.25, 0.3) is 0 Å². The van der Waals surface area contributed by atoms with Gasteiger partial charge in [0.25, 0.3) is 5.69 Å². The normalized spacial score (nSPS) is 14.3. The zero-order chi connectivity index (χ0) is 19.2. The van der Waals surface area contributed by atoms with Gasteiger partial charge in [0.2, 0.25) is 11.9 Å². The maximum Gasteiger partial charge on any atom is 0.350 e. The number of hydrogen-bond acceptors (Lipinski definition) is 7. The molecule has 2 N–H and O–H groups in total. The number of nitro groups is 1. The van der Waals surface area contributed by atoms with E-state index in [1.54, 1.807) is 12.1 Å². The lowest BCUT2D eigenvalue weighted by atomic mass is 10.2. The summed E-state index contributed by atoms with van der Waals surface area (Å²) in [5, 5.41) is 14.1. The smallest absolute Gasteiger partial charge is 0.350 e. The van der Waals surface area contributed by atoms with E-state index in [-0.39, 0.29) is 5.69 Å². The molecule has 1 aromatic carbocycles. The summed E-state index contributed by atoms with van der Waals surface area (Å²) in [6.07, 6.45) is 5.37. The van der Waals surface area contributed by atoms with Crippen LogP contribution in [0.5, 0.6) is 0 Å². The van der Waals surface area contributed by atoms with Crippen molar-refractivity contribution in [2.24, 2.45) is 0 Å². The molecule has 9 nitrogen and oxygen atoms in total. The van der Waals surface area contributed by atoms with Crippen LogP contribution < -0.4 is 15.9 Å². The summed E-state index contributed by atoms with van der Waals surface area (Å²) in [5.74, 6) is 0.807. The van der Waals surface area contributed by atoms with Crippen molar-refractivity contribution < 1.29 is 4.92 Å². The van der Waals surface area contributed by atoms with Gasteiger partial charge in [0.05, 0.1) is 4.92 Å². The van der Waals surface area contributed by atoms with E-state index in [0.717, 1.165) is 24.8 Å². The van der Waals surface area contributed by atoms with Gasteiger partial charge in [-0.1, -0.05) is 31.9 Å². The fourth-order valence-corrected chi connectivity index (χ4v) is 3.31. The highest BCUT2D eigenvalue weighted by Crippen LogP contribution is 2.21. The van der Waals surface area contributed by atoms with Gasteiger partial charge in [-0.2, -0.15) is 9.97 Å². The van der Waals surface area contributed by atoms with Crippen molar-refractivity contribution in [3.05, 3.63) is 50.4 Å². The number of nitrogens with one attached hydrogen (secondary N) is 2. The molecule has 1 aliphatic rings. The number of aromatic amines is 1. The molecule has 0 atom stereocenters. The van der Waals surface area contributed by atoms with Crippen molar-refractivity contribution in [3.8, 4) is 0 Å². The Morgan fingerprint density at radius 1 is 1.26 bits per heavy atom. The number of anilines is 2. The molecule has 3 rings (SSSR count). The fourth-order valence-electron chi connectivity index (χ4n) is 3.31. The summed E-state index contributed by atoms with van der Waals surface area (Å²) < 4.78 is 0. The third-order valence-electron chi connectivity index (χ3n) is 4.63. The number of non-ortho nitro benzene ring substituents is 1. The van der Waals surface area contributed by atoms with Gasteiger partial charge in [-0.25, -0.2) is 4.79 Å². The molecule has 9 heteroatoms. The van der Waals surface area contributed by atoms with Crippen molar-refractivity contribution in [1.29, 1.82) is 0 Å². The molecule has 0 amide bonds. The first-order valence-electron chi connectivity index (χ1n) is 9.28. The largest absolute Gasteiger partial charge is 0.353 e. The Balaban J connectivity index is 1.79. The fraction of sp³-hybridized carbons (Fsp3) is 0.500. The lowest BCUT2D eigenvalue weighted by molar-refractivity contribution is -0.384. The van der Waals surface area contributed by atoms with Gasteiger partial charge in [-0.15, -0.1) is 0 Å². The Morgan fingerprint density at radius 3 is 2.59 bits per heavy atom. The molecule has 1 fully saturated rings. The predicted octanol–water partition coefficient (Wildman–Crippen LogP) is 2.84. The van der Waals surface area contributed by atoms with Crippen LogP contribution in [0.15, 0.2) is 29.1 Å². The Hall–Kier alpha value is -2.97. The third kappa shape index (κ3) is 5.02. The molecule has 0 radical (unpaired) electrons. The Labute approximate surface area is 157 Å². The first-order chi connectivity index (χ1) is 13.0. The molecular formula is C18H24N6O3. The zero-order valence-electron chi connectivity index (χ0n) is 15.4. The monoisotopic (exact) mass is 372 g/mol. The molecule has 0 unspecified atom stereocenters. The molecule has 1 aromatic heterocycles. The molecule has 0 saturated heterocycles. The second kappa shape index (κ2) is 8.61. The maximum absolute atomic E-state index is 12.0. The van der Waals surface area contributed by atoms with E-state index in [1.165, 1.54) is 25.0 Å². The molecular weight excluding hydrogens is 348 g/mol. The molecule has 1 saturated carbocycles. The number of H-pyrrole nitrogens is 1. The maximum atomic E-state index is 12.0. The molecule has 1 aliphatic carbocycles. The van der Waals surface area contributed by atoms with Crippen molar-refractivity contribution in [2.45, 2.75) is 51.6 Å². The number of nitro benzene ring substituents is 1. The van der Waals surface area contributed by atoms with Crippen molar-refractivity contribution in [3.63, 3.8) is 0 Å². The quantitative estimate of drug-likeness (QED) is 0.540. The molecule has 144 valence electrons. The van der Waals surface area contributed by atoms with Crippen molar-refractivity contribution >= 4 is 17.6 Å².